The largest absolute Gasteiger partial charge is 0.390 e. The van der Waals surface area contributed by atoms with E-state index in [9.17, 15) is 24.2 Å². The molecular formula is C25H43FN2O5. The Balaban J connectivity index is 2.05. The number of aliphatic hydroxyl groups excluding tert-OH is 1. The van der Waals surface area contributed by atoms with E-state index in [1.165, 1.54) is 25.7 Å². The van der Waals surface area contributed by atoms with Gasteiger partial charge in [0.1, 0.15) is 12.3 Å². The third kappa shape index (κ3) is 8.34. The molecule has 2 heterocycles. The number of hydrogen-bond acceptors (Lipinski definition) is 5. The molecule has 0 saturated carbocycles. The van der Waals surface area contributed by atoms with Gasteiger partial charge in [0.05, 0.1) is 17.9 Å². The number of rotatable bonds is 16. The van der Waals surface area contributed by atoms with Gasteiger partial charge in [-0.25, -0.2) is 4.79 Å². The summed E-state index contributed by atoms with van der Waals surface area (Å²) in [6.07, 6.45) is 12.0. The summed E-state index contributed by atoms with van der Waals surface area (Å²) >= 11 is 0. The van der Waals surface area contributed by atoms with E-state index in [1.54, 1.807) is 0 Å². The number of halogens is 1. The minimum absolute atomic E-state index is 0.0611. The van der Waals surface area contributed by atoms with Crippen LogP contribution in [0.5, 0.6) is 0 Å². The fourth-order valence-electron chi connectivity index (χ4n) is 4.79. The van der Waals surface area contributed by atoms with E-state index in [4.69, 9.17) is 4.74 Å². The van der Waals surface area contributed by atoms with Crippen LogP contribution in [0, 0.1) is 5.82 Å². The van der Waals surface area contributed by atoms with Crippen molar-refractivity contribution >= 4 is 0 Å². The monoisotopic (exact) mass is 470 g/mol. The lowest BCUT2D eigenvalue weighted by Crippen LogP contribution is -2.45. The number of H-pyrrole nitrogens is 1. The number of aliphatic hydroxyl groups is 2. The average Bonchev–Trinajstić information content (AvgIpc) is 3.13. The normalized spacial score (nSPS) is 23.8. The van der Waals surface area contributed by atoms with E-state index in [0.29, 0.717) is 12.8 Å². The lowest BCUT2D eigenvalue weighted by atomic mass is 9.84. The molecule has 0 spiro atoms. The van der Waals surface area contributed by atoms with Crippen molar-refractivity contribution < 1.29 is 19.3 Å². The molecule has 1 aromatic heterocycles. The van der Waals surface area contributed by atoms with Crippen molar-refractivity contribution in [3.8, 4) is 0 Å². The topological polar surface area (TPSA) is 105 Å². The Morgan fingerprint density at radius 3 is 2.27 bits per heavy atom. The Kier molecular flexibility index (Phi) is 11.8. The summed E-state index contributed by atoms with van der Waals surface area (Å²) in [4.78, 5) is 25.6. The molecule has 0 aromatic carbocycles. The molecule has 4 atom stereocenters. The van der Waals surface area contributed by atoms with E-state index in [2.05, 4.69) is 13.8 Å². The molecule has 190 valence electrons. The molecule has 1 aliphatic rings. The standard InChI is InChI=1S/C25H43FN2O5/c1-3-5-7-9-11-13-15-20(29)22-25(32,16-14-12-10-8-6-4-2)17-21(33-22)28-18-19(26)23(30)27-24(28)31/h18,20-22,29,32H,3-17H2,1-2H3,(H,27,30,31)/t20?,21-,22-,25+/m1/s1. The van der Waals surface area contributed by atoms with Gasteiger partial charge in [-0.05, 0) is 12.8 Å². The van der Waals surface area contributed by atoms with E-state index >= 15 is 0 Å². The first-order valence-corrected chi connectivity index (χ1v) is 12.9. The van der Waals surface area contributed by atoms with Gasteiger partial charge in [-0.15, -0.1) is 0 Å². The molecule has 1 aromatic rings. The van der Waals surface area contributed by atoms with Crippen molar-refractivity contribution in [1.29, 1.82) is 0 Å². The second-order valence-corrected chi connectivity index (χ2v) is 9.60. The van der Waals surface area contributed by atoms with Crippen molar-refractivity contribution in [2.45, 2.75) is 134 Å². The van der Waals surface area contributed by atoms with E-state index in [0.717, 1.165) is 62.1 Å². The van der Waals surface area contributed by atoms with Gasteiger partial charge in [-0.1, -0.05) is 90.9 Å². The fraction of sp³-hybridized carbons (Fsp3) is 0.840. The van der Waals surface area contributed by atoms with Gasteiger partial charge in [0.25, 0.3) is 5.56 Å². The summed E-state index contributed by atoms with van der Waals surface area (Å²) < 4.78 is 20.8. The third-order valence-corrected chi connectivity index (χ3v) is 6.76. The molecule has 1 fully saturated rings. The van der Waals surface area contributed by atoms with Gasteiger partial charge in [0.15, 0.2) is 0 Å². The molecular weight excluding hydrogens is 427 g/mol. The van der Waals surface area contributed by atoms with E-state index in [1.807, 2.05) is 4.98 Å². The second-order valence-electron chi connectivity index (χ2n) is 9.60. The second kappa shape index (κ2) is 14.0. The summed E-state index contributed by atoms with van der Waals surface area (Å²) in [5.41, 5.74) is -3.20. The number of hydrogen-bond donors (Lipinski definition) is 3. The van der Waals surface area contributed by atoms with Crippen LogP contribution in [0.4, 0.5) is 4.39 Å². The molecule has 8 heteroatoms. The number of aromatic nitrogens is 2. The van der Waals surface area contributed by atoms with Crippen LogP contribution in [-0.2, 0) is 4.74 Å². The highest BCUT2D eigenvalue weighted by molar-refractivity contribution is 5.00. The average molecular weight is 471 g/mol. The van der Waals surface area contributed by atoms with Crippen LogP contribution < -0.4 is 11.2 Å². The van der Waals surface area contributed by atoms with Crippen molar-refractivity contribution in [3.63, 3.8) is 0 Å². The van der Waals surface area contributed by atoms with Gasteiger partial charge < -0.3 is 14.9 Å². The van der Waals surface area contributed by atoms with Crippen LogP contribution in [0.15, 0.2) is 15.8 Å². The van der Waals surface area contributed by atoms with Crippen LogP contribution in [0.2, 0.25) is 0 Å². The zero-order valence-electron chi connectivity index (χ0n) is 20.4. The van der Waals surface area contributed by atoms with Crippen LogP contribution in [0.1, 0.15) is 116 Å². The smallest absolute Gasteiger partial charge is 0.330 e. The Morgan fingerprint density at radius 2 is 1.64 bits per heavy atom. The lowest BCUT2D eigenvalue weighted by molar-refractivity contribution is -0.121. The third-order valence-electron chi connectivity index (χ3n) is 6.76. The van der Waals surface area contributed by atoms with Gasteiger partial charge in [-0.2, -0.15) is 4.39 Å². The summed E-state index contributed by atoms with van der Waals surface area (Å²) in [5.74, 6) is -1.09. The molecule has 0 aliphatic carbocycles. The van der Waals surface area contributed by atoms with Crippen LogP contribution in [0.25, 0.3) is 0 Å². The Hall–Kier alpha value is -1.51. The fourth-order valence-corrected chi connectivity index (χ4v) is 4.79. The molecule has 2 rings (SSSR count). The predicted octanol–water partition coefficient (Wildman–Crippen LogP) is 4.56. The quantitative estimate of drug-likeness (QED) is 0.307. The highest BCUT2D eigenvalue weighted by atomic mass is 19.1. The molecule has 7 nitrogen and oxygen atoms in total. The van der Waals surface area contributed by atoms with E-state index < -0.39 is 41.1 Å². The number of nitrogens with one attached hydrogen (secondary N) is 1. The Morgan fingerprint density at radius 1 is 1.06 bits per heavy atom. The maximum absolute atomic E-state index is 13.8. The highest BCUT2D eigenvalue weighted by Crippen LogP contribution is 2.42. The molecule has 0 bridgehead atoms. The molecule has 1 aliphatic heterocycles. The Bertz CT molecular complexity index is 811. The number of ether oxygens (including phenoxy) is 1. The van der Waals surface area contributed by atoms with Gasteiger partial charge in [0, 0.05) is 6.42 Å². The number of unbranched alkanes of at least 4 members (excludes halogenated alkanes) is 10. The zero-order valence-corrected chi connectivity index (χ0v) is 20.4. The van der Waals surface area contributed by atoms with Gasteiger partial charge >= 0.3 is 5.69 Å². The predicted molar refractivity (Wildman–Crippen MR) is 127 cm³/mol. The molecule has 0 amide bonds. The molecule has 1 unspecified atom stereocenters. The first-order chi connectivity index (χ1) is 15.8. The highest BCUT2D eigenvalue weighted by Gasteiger charge is 2.50. The first kappa shape index (κ1) is 27.7. The molecule has 1 saturated heterocycles. The van der Waals surface area contributed by atoms with Gasteiger partial charge in [0.2, 0.25) is 5.82 Å². The first-order valence-electron chi connectivity index (χ1n) is 12.9. The Labute approximate surface area is 196 Å². The summed E-state index contributed by atoms with van der Waals surface area (Å²) in [6.45, 7) is 4.33. The summed E-state index contributed by atoms with van der Waals surface area (Å²) in [7, 11) is 0. The number of nitrogens with zero attached hydrogens (tertiary/aromatic N) is 1. The molecule has 0 radical (unpaired) electrons. The SMILES string of the molecule is CCCCCCCCC(O)[C@H]1O[C@@H](n2cc(F)c(=O)[nH]c2=O)C[C@@]1(O)CCCCCCCC. The maximum atomic E-state index is 13.8. The minimum atomic E-state index is -1.32. The van der Waals surface area contributed by atoms with Crippen molar-refractivity contribution in [1.82, 2.24) is 9.55 Å². The minimum Gasteiger partial charge on any atom is -0.390 e. The van der Waals surface area contributed by atoms with E-state index in [-0.39, 0.29) is 6.42 Å². The number of aromatic amines is 1. The summed E-state index contributed by atoms with van der Waals surface area (Å²) in [6, 6.07) is 0. The van der Waals surface area contributed by atoms with Crippen molar-refractivity contribution in [2.24, 2.45) is 0 Å². The van der Waals surface area contributed by atoms with Crippen LogP contribution in [-0.4, -0.2) is 37.6 Å². The maximum Gasteiger partial charge on any atom is 0.330 e. The van der Waals surface area contributed by atoms with Crippen molar-refractivity contribution in [3.05, 3.63) is 32.9 Å². The summed E-state index contributed by atoms with van der Waals surface area (Å²) in [5, 5.41) is 22.4. The molecule has 33 heavy (non-hydrogen) atoms. The van der Waals surface area contributed by atoms with Crippen molar-refractivity contribution in [2.75, 3.05) is 0 Å². The van der Waals surface area contributed by atoms with Crippen LogP contribution >= 0.6 is 0 Å². The van der Waals surface area contributed by atoms with Crippen LogP contribution in [0.3, 0.4) is 0 Å². The lowest BCUT2D eigenvalue weighted by Gasteiger charge is -2.31. The van der Waals surface area contributed by atoms with Gasteiger partial charge in [-0.3, -0.25) is 14.3 Å². The molecule has 3 N–H and O–H groups in total. The zero-order chi connectivity index (χ0) is 24.3.